The van der Waals surface area contributed by atoms with E-state index in [1.165, 1.54) is 0 Å². The van der Waals surface area contributed by atoms with Crippen LogP contribution >= 0.6 is 11.8 Å². The summed E-state index contributed by atoms with van der Waals surface area (Å²) >= 11 is 0.0691. The van der Waals surface area contributed by atoms with E-state index < -0.39 is 5.51 Å². The molecule has 0 spiro atoms. The summed E-state index contributed by atoms with van der Waals surface area (Å²) in [6.07, 6.45) is 1.42. The van der Waals surface area contributed by atoms with Crippen molar-refractivity contribution in [3.8, 4) is 0 Å². The van der Waals surface area contributed by atoms with Crippen molar-refractivity contribution in [3.05, 3.63) is 0 Å². The molecule has 1 atom stereocenters. The number of halogens is 3. The smallest absolute Gasteiger partial charge is 0.381 e. The number of rotatable bonds is 6. The molecule has 0 aliphatic carbocycles. The lowest BCUT2D eigenvalue weighted by Gasteiger charge is -2.27. The van der Waals surface area contributed by atoms with Crippen molar-refractivity contribution in [1.82, 2.24) is 5.32 Å². The minimum atomic E-state index is -4.11. The van der Waals surface area contributed by atoms with Gasteiger partial charge in [0.1, 0.15) is 0 Å². The van der Waals surface area contributed by atoms with Crippen LogP contribution in [0.4, 0.5) is 13.2 Å². The number of ether oxygens (including phenoxy) is 1. The molecule has 96 valence electrons. The van der Waals surface area contributed by atoms with Gasteiger partial charge in [0.25, 0.3) is 0 Å². The first-order chi connectivity index (χ1) is 7.47. The first-order valence-corrected chi connectivity index (χ1v) is 6.45. The quantitative estimate of drug-likeness (QED) is 0.790. The van der Waals surface area contributed by atoms with Crippen LogP contribution in [0, 0.1) is 5.41 Å². The highest BCUT2D eigenvalue weighted by molar-refractivity contribution is 8.00. The second kappa shape index (κ2) is 6.12. The summed E-state index contributed by atoms with van der Waals surface area (Å²) < 4.78 is 41.4. The molecule has 16 heavy (non-hydrogen) atoms. The molecule has 6 heteroatoms. The van der Waals surface area contributed by atoms with Crippen molar-refractivity contribution in [1.29, 1.82) is 0 Å². The molecule has 0 bridgehead atoms. The summed E-state index contributed by atoms with van der Waals surface area (Å²) in [6, 6.07) is 0. The van der Waals surface area contributed by atoms with Crippen molar-refractivity contribution in [2.24, 2.45) is 5.41 Å². The summed E-state index contributed by atoms with van der Waals surface area (Å²) in [5.41, 5.74) is -4.20. The fraction of sp³-hybridized carbons (Fsp3) is 1.00. The number of hydrogen-bond acceptors (Lipinski definition) is 3. The number of alkyl halides is 3. The Bertz CT molecular complexity index is 205. The maximum atomic E-state index is 12.0. The highest BCUT2D eigenvalue weighted by Crippen LogP contribution is 2.37. The van der Waals surface area contributed by atoms with Crippen LogP contribution in [0.15, 0.2) is 0 Å². The van der Waals surface area contributed by atoms with Gasteiger partial charge in [-0.25, -0.2) is 0 Å². The van der Waals surface area contributed by atoms with E-state index in [0.717, 1.165) is 19.5 Å². The van der Waals surface area contributed by atoms with Gasteiger partial charge in [-0.1, -0.05) is 18.7 Å². The zero-order valence-corrected chi connectivity index (χ0v) is 10.2. The number of thioether (sulfide) groups is 1. The lowest BCUT2D eigenvalue weighted by atomic mass is 9.84. The van der Waals surface area contributed by atoms with Gasteiger partial charge in [0, 0.05) is 24.3 Å². The molecular formula is C10H18F3NOS. The lowest BCUT2D eigenvalue weighted by molar-refractivity contribution is -0.0329. The summed E-state index contributed by atoms with van der Waals surface area (Å²) in [7, 11) is 0. The van der Waals surface area contributed by atoms with Gasteiger partial charge in [-0.15, -0.1) is 0 Å². The van der Waals surface area contributed by atoms with E-state index in [4.69, 9.17) is 4.74 Å². The second-order valence-corrected chi connectivity index (χ2v) is 5.29. The Balaban J connectivity index is 2.33. The van der Waals surface area contributed by atoms with E-state index in [1.54, 1.807) is 0 Å². The van der Waals surface area contributed by atoms with Gasteiger partial charge in [-0.05, 0) is 19.4 Å². The number of hydrogen-bond donors (Lipinski definition) is 1. The van der Waals surface area contributed by atoms with Gasteiger partial charge in [0.15, 0.2) is 0 Å². The van der Waals surface area contributed by atoms with E-state index >= 15 is 0 Å². The molecule has 0 radical (unpaired) electrons. The van der Waals surface area contributed by atoms with Crippen LogP contribution in [0.1, 0.15) is 19.8 Å². The topological polar surface area (TPSA) is 21.3 Å². The highest BCUT2D eigenvalue weighted by Gasteiger charge is 2.36. The lowest BCUT2D eigenvalue weighted by Crippen LogP contribution is -2.35. The molecule has 1 heterocycles. The highest BCUT2D eigenvalue weighted by atomic mass is 32.2. The average Bonchev–Trinajstić information content (AvgIpc) is 2.62. The molecule has 1 rings (SSSR count). The second-order valence-electron chi connectivity index (χ2n) is 4.13. The third kappa shape index (κ3) is 4.93. The molecule has 1 fully saturated rings. The molecule has 0 aromatic rings. The van der Waals surface area contributed by atoms with Gasteiger partial charge >= 0.3 is 5.51 Å². The molecule has 0 amide bonds. The maximum Gasteiger partial charge on any atom is 0.441 e. The van der Waals surface area contributed by atoms with Crippen molar-refractivity contribution in [2.75, 3.05) is 32.1 Å². The Morgan fingerprint density at radius 2 is 2.19 bits per heavy atom. The van der Waals surface area contributed by atoms with Crippen molar-refractivity contribution < 1.29 is 17.9 Å². The molecule has 0 saturated carbocycles. The van der Waals surface area contributed by atoms with Gasteiger partial charge in [0.2, 0.25) is 0 Å². The summed E-state index contributed by atoms with van der Waals surface area (Å²) in [6.45, 7) is 4.84. The van der Waals surface area contributed by atoms with Gasteiger partial charge in [-0.3, -0.25) is 0 Å². The van der Waals surface area contributed by atoms with E-state index in [0.29, 0.717) is 19.6 Å². The third-order valence-electron chi connectivity index (χ3n) is 2.83. The van der Waals surface area contributed by atoms with E-state index in [9.17, 15) is 13.2 Å². The summed E-state index contributed by atoms with van der Waals surface area (Å²) in [4.78, 5) is 0. The molecule has 1 unspecified atom stereocenters. The number of nitrogens with one attached hydrogen (secondary N) is 1. The molecule has 1 aliphatic heterocycles. The van der Waals surface area contributed by atoms with Crippen molar-refractivity contribution in [2.45, 2.75) is 25.3 Å². The monoisotopic (exact) mass is 257 g/mol. The van der Waals surface area contributed by atoms with Crippen LogP contribution in [-0.4, -0.2) is 37.6 Å². The Hall–Kier alpha value is 0.0600. The molecule has 1 saturated heterocycles. The minimum Gasteiger partial charge on any atom is -0.381 e. The van der Waals surface area contributed by atoms with E-state index in [2.05, 4.69) is 5.32 Å². The molecule has 2 nitrogen and oxygen atoms in total. The standard InChI is InChI=1S/C10H18F3NOS/c1-2-14-7-9(3-5-15-8-9)4-6-16-10(11,12)13/h14H,2-8H2,1H3. The Morgan fingerprint density at radius 1 is 1.44 bits per heavy atom. The van der Waals surface area contributed by atoms with Crippen LogP contribution in [0.3, 0.4) is 0 Å². The fourth-order valence-corrected chi connectivity index (χ4v) is 2.61. The van der Waals surface area contributed by atoms with Crippen LogP contribution in [0.2, 0.25) is 0 Å². The zero-order valence-electron chi connectivity index (χ0n) is 9.40. The third-order valence-corrected chi connectivity index (χ3v) is 3.57. The van der Waals surface area contributed by atoms with E-state index in [1.807, 2.05) is 6.92 Å². The summed E-state index contributed by atoms with van der Waals surface area (Å²) in [5.74, 6) is 0.123. The largest absolute Gasteiger partial charge is 0.441 e. The van der Waals surface area contributed by atoms with Crippen LogP contribution < -0.4 is 5.32 Å². The fourth-order valence-electron chi connectivity index (χ4n) is 1.85. The molecule has 0 aromatic carbocycles. The molecular weight excluding hydrogens is 239 g/mol. The predicted octanol–water partition coefficient (Wildman–Crippen LogP) is 2.65. The first kappa shape index (κ1) is 14.1. The SMILES string of the molecule is CCNCC1(CCSC(F)(F)F)CCOC1. The normalized spacial score (nSPS) is 26.2. The van der Waals surface area contributed by atoms with Gasteiger partial charge < -0.3 is 10.1 Å². The van der Waals surface area contributed by atoms with Crippen LogP contribution in [-0.2, 0) is 4.74 Å². The Morgan fingerprint density at radius 3 is 2.69 bits per heavy atom. The minimum absolute atomic E-state index is 0.0691. The average molecular weight is 257 g/mol. The Kier molecular flexibility index (Phi) is 5.40. The van der Waals surface area contributed by atoms with E-state index in [-0.39, 0.29) is 22.9 Å². The maximum absolute atomic E-state index is 12.0. The van der Waals surface area contributed by atoms with Crippen molar-refractivity contribution >= 4 is 11.8 Å². The van der Waals surface area contributed by atoms with Crippen molar-refractivity contribution in [3.63, 3.8) is 0 Å². The molecule has 1 aliphatic rings. The van der Waals surface area contributed by atoms with Crippen LogP contribution in [0.5, 0.6) is 0 Å². The van der Waals surface area contributed by atoms with Gasteiger partial charge in [0.05, 0.1) is 6.61 Å². The Labute approximate surface area is 98.3 Å². The van der Waals surface area contributed by atoms with Crippen LogP contribution in [0.25, 0.3) is 0 Å². The van der Waals surface area contributed by atoms with Gasteiger partial charge in [-0.2, -0.15) is 13.2 Å². The predicted molar refractivity (Wildman–Crippen MR) is 59.5 cm³/mol. The summed E-state index contributed by atoms with van der Waals surface area (Å²) in [5, 5.41) is 3.21. The zero-order chi connectivity index (χ0) is 12.1. The first-order valence-electron chi connectivity index (χ1n) is 5.47. The molecule has 0 aromatic heterocycles. The molecule has 1 N–H and O–H groups in total.